The topological polar surface area (TPSA) is 55.6 Å². The zero-order valence-electron chi connectivity index (χ0n) is 11.7. The van der Waals surface area contributed by atoms with Gasteiger partial charge >= 0.3 is 0 Å². The highest BCUT2D eigenvalue weighted by molar-refractivity contribution is 9.10. The largest absolute Gasteiger partial charge is 0.380 e. The summed E-state index contributed by atoms with van der Waals surface area (Å²) in [5, 5.41) is 15.0. The van der Waals surface area contributed by atoms with Crippen molar-refractivity contribution < 1.29 is 0 Å². The monoisotopic (exact) mass is 363 g/mol. The molecule has 2 aromatic heterocycles. The van der Waals surface area contributed by atoms with E-state index < -0.39 is 0 Å². The fourth-order valence-corrected chi connectivity index (χ4v) is 3.55. The van der Waals surface area contributed by atoms with Gasteiger partial charge in [-0.3, -0.25) is 0 Å². The van der Waals surface area contributed by atoms with Crippen LogP contribution in [0, 0.1) is 13.8 Å². The second-order valence-electron chi connectivity index (χ2n) is 4.66. The SMILES string of the molecule is Cc1sc(CNc2cccc(-n3nnnc3C)c2)cc1Br. The van der Waals surface area contributed by atoms with Crippen molar-refractivity contribution in [2.75, 3.05) is 5.32 Å². The minimum atomic E-state index is 0.768. The molecule has 3 rings (SSSR count). The first-order valence-corrected chi connectivity index (χ1v) is 8.08. The summed E-state index contributed by atoms with van der Waals surface area (Å²) < 4.78 is 2.89. The van der Waals surface area contributed by atoms with Gasteiger partial charge in [0.1, 0.15) is 0 Å². The highest BCUT2D eigenvalue weighted by atomic mass is 79.9. The van der Waals surface area contributed by atoms with Crippen molar-refractivity contribution >= 4 is 33.0 Å². The molecule has 1 N–H and O–H groups in total. The summed E-state index contributed by atoms with van der Waals surface area (Å²) >= 11 is 5.34. The van der Waals surface area contributed by atoms with Crippen molar-refractivity contribution in [1.82, 2.24) is 20.2 Å². The summed E-state index contributed by atoms with van der Waals surface area (Å²) in [5.41, 5.74) is 2.00. The zero-order chi connectivity index (χ0) is 14.8. The van der Waals surface area contributed by atoms with Gasteiger partial charge in [0.05, 0.1) is 5.69 Å². The Kier molecular flexibility index (Phi) is 4.03. The number of benzene rings is 1. The Labute approximate surface area is 135 Å². The van der Waals surface area contributed by atoms with E-state index in [4.69, 9.17) is 0 Å². The molecule has 7 heteroatoms. The normalized spacial score (nSPS) is 10.8. The van der Waals surface area contributed by atoms with Gasteiger partial charge in [0.15, 0.2) is 5.82 Å². The lowest BCUT2D eigenvalue weighted by atomic mass is 10.2. The number of nitrogens with zero attached hydrogens (tertiary/aromatic N) is 4. The second-order valence-corrected chi connectivity index (χ2v) is 6.85. The van der Waals surface area contributed by atoms with Crippen LogP contribution in [0.15, 0.2) is 34.8 Å². The molecule has 1 aromatic carbocycles. The summed E-state index contributed by atoms with van der Waals surface area (Å²) in [7, 11) is 0. The third-order valence-electron chi connectivity index (χ3n) is 3.09. The van der Waals surface area contributed by atoms with Crippen LogP contribution in [0.25, 0.3) is 5.69 Å². The molecule has 0 saturated heterocycles. The predicted molar refractivity (Wildman–Crippen MR) is 88.0 cm³/mol. The molecule has 0 atom stereocenters. The van der Waals surface area contributed by atoms with Gasteiger partial charge in [-0.15, -0.1) is 16.4 Å². The number of tetrazole rings is 1. The highest BCUT2D eigenvalue weighted by Crippen LogP contribution is 2.27. The molecular weight excluding hydrogens is 350 g/mol. The smallest absolute Gasteiger partial charge is 0.153 e. The van der Waals surface area contributed by atoms with Gasteiger partial charge in [0.25, 0.3) is 0 Å². The summed E-state index contributed by atoms with van der Waals surface area (Å²) in [5.74, 6) is 0.768. The maximum Gasteiger partial charge on any atom is 0.153 e. The van der Waals surface area contributed by atoms with Crippen LogP contribution in [-0.2, 0) is 6.54 Å². The van der Waals surface area contributed by atoms with Gasteiger partial charge in [-0.2, -0.15) is 4.68 Å². The van der Waals surface area contributed by atoms with Crippen LogP contribution >= 0.6 is 27.3 Å². The predicted octanol–water partition coefficient (Wildman–Crippen LogP) is 3.72. The molecule has 0 fully saturated rings. The number of nitrogens with one attached hydrogen (secondary N) is 1. The first-order valence-electron chi connectivity index (χ1n) is 6.47. The van der Waals surface area contributed by atoms with Crippen molar-refractivity contribution in [1.29, 1.82) is 0 Å². The molecule has 108 valence electrons. The summed E-state index contributed by atoms with van der Waals surface area (Å²) in [6.45, 7) is 4.79. The summed E-state index contributed by atoms with van der Waals surface area (Å²) in [6.07, 6.45) is 0. The third kappa shape index (κ3) is 3.14. The van der Waals surface area contributed by atoms with Gasteiger partial charge in [0.2, 0.25) is 0 Å². The van der Waals surface area contributed by atoms with Crippen LogP contribution in [0.5, 0.6) is 0 Å². The number of hydrogen-bond acceptors (Lipinski definition) is 5. The maximum atomic E-state index is 3.98. The Bertz CT molecular complexity index is 745. The van der Waals surface area contributed by atoms with Crippen LogP contribution < -0.4 is 5.32 Å². The molecule has 0 spiro atoms. The van der Waals surface area contributed by atoms with Crippen molar-refractivity contribution in [3.05, 3.63) is 50.4 Å². The van der Waals surface area contributed by atoms with E-state index in [1.165, 1.54) is 14.2 Å². The maximum absolute atomic E-state index is 3.98. The lowest BCUT2D eigenvalue weighted by Crippen LogP contribution is -2.02. The Balaban J connectivity index is 1.76. The van der Waals surface area contributed by atoms with Crippen molar-refractivity contribution in [2.45, 2.75) is 20.4 Å². The van der Waals surface area contributed by atoms with E-state index in [-0.39, 0.29) is 0 Å². The molecule has 0 aliphatic rings. The van der Waals surface area contributed by atoms with Crippen LogP contribution in [-0.4, -0.2) is 20.2 Å². The van der Waals surface area contributed by atoms with E-state index in [0.717, 1.165) is 23.7 Å². The number of thiophene rings is 1. The Morgan fingerprint density at radius 2 is 2.14 bits per heavy atom. The van der Waals surface area contributed by atoms with Crippen LogP contribution in [0.4, 0.5) is 5.69 Å². The minimum Gasteiger partial charge on any atom is -0.380 e. The fraction of sp³-hybridized carbons (Fsp3) is 0.214. The molecule has 0 amide bonds. The first kappa shape index (κ1) is 14.2. The minimum absolute atomic E-state index is 0.768. The highest BCUT2D eigenvalue weighted by Gasteiger charge is 2.05. The van der Waals surface area contributed by atoms with Crippen LogP contribution in [0.2, 0.25) is 0 Å². The molecule has 5 nitrogen and oxygen atoms in total. The van der Waals surface area contributed by atoms with Gasteiger partial charge in [-0.05, 0) is 64.5 Å². The van der Waals surface area contributed by atoms with Crippen molar-refractivity contribution in [2.24, 2.45) is 0 Å². The fourth-order valence-electron chi connectivity index (χ4n) is 2.01. The van der Waals surface area contributed by atoms with Gasteiger partial charge in [-0.1, -0.05) is 6.07 Å². The Morgan fingerprint density at radius 3 is 2.81 bits per heavy atom. The molecule has 0 aliphatic heterocycles. The lowest BCUT2D eigenvalue weighted by Gasteiger charge is -2.07. The van der Waals surface area contributed by atoms with Gasteiger partial charge < -0.3 is 5.32 Å². The molecule has 21 heavy (non-hydrogen) atoms. The van der Waals surface area contributed by atoms with E-state index >= 15 is 0 Å². The van der Waals surface area contributed by atoms with E-state index in [2.05, 4.69) is 49.8 Å². The van der Waals surface area contributed by atoms with E-state index in [1.807, 2.05) is 31.2 Å². The molecule has 0 saturated carbocycles. The molecule has 3 aromatic rings. The van der Waals surface area contributed by atoms with Gasteiger partial charge in [-0.25, -0.2) is 0 Å². The number of aryl methyl sites for hydroxylation is 2. The number of rotatable bonds is 4. The Morgan fingerprint density at radius 1 is 1.29 bits per heavy atom. The number of hydrogen-bond donors (Lipinski definition) is 1. The number of aromatic nitrogens is 4. The zero-order valence-corrected chi connectivity index (χ0v) is 14.1. The average molecular weight is 364 g/mol. The van der Waals surface area contributed by atoms with Crippen molar-refractivity contribution in [3.8, 4) is 5.69 Å². The Hall–Kier alpha value is -1.73. The van der Waals surface area contributed by atoms with Crippen LogP contribution in [0.3, 0.4) is 0 Å². The molecule has 0 aliphatic carbocycles. The average Bonchev–Trinajstić information content (AvgIpc) is 3.03. The van der Waals surface area contributed by atoms with Gasteiger partial charge in [0, 0.05) is 26.5 Å². The van der Waals surface area contributed by atoms with Crippen LogP contribution in [0.1, 0.15) is 15.6 Å². The molecular formula is C14H14BrN5S. The first-order chi connectivity index (χ1) is 10.1. The summed E-state index contributed by atoms with van der Waals surface area (Å²) in [4.78, 5) is 2.59. The molecule has 2 heterocycles. The standard InChI is InChI=1S/C14H14BrN5S/c1-9-14(15)7-13(21-9)8-16-11-4-3-5-12(6-11)20-10(2)17-18-19-20/h3-7,16H,8H2,1-2H3. The molecule has 0 unspecified atom stereocenters. The van der Waals surface area contributed by atoms with E-state index in [1.54, 1.807) is 16.0 Å². The third-order valence-corrected chi connectivity index (χ3v) is 5.23. The van der Waals surface area contributed by atoms with E-state index in [9.17, 15) is 0 Å². The molecule has 0 bridgehead atoms. The molecule has 0 radical (unpaired) electrons. The van der Waals surface area contributed by atoms with E-state index in [0.29, 0.717) is 0 Å². The second kappa shape index (κ2) is 5.95. The number of halogens is 1. The van der Waals surface area contributed by atoms with Crippen molar-refractivity contribution in [3.63, 3.8) is 0 Å². The number of anilines is 1. The lowest BCUT2D eigenvalue weighted by molar-refractivity contribution is 0.779. The quantitative estimate of drug-likeness (QED) is 0.767. The summed E-state index contributed by atoms with van der Waals surface area (Å²) in [6, 6.07) is 10.2.